The summed E-state index contributed by atoms with van der Waals surface area (Å²) in [5.41, 5.74) is 3.82. The van der Waals surface area contributed by atoms with Crippen LogP contribution in [0.3, 0.4) is 0 Å². The molecular formula is C23H18S. The summed E-state index contributed by atoms with van der Waals surface area (Å²) in [5.74, 6) is 0. The number of benzene rings is 3. The van der Waals surface area contributed by atoms with Gasteiger partial charge in [0.25, 0.3) is 0 Å². The highest BCUT2D eigenvalue weighted by atomic mass is 32.1. The van der Waals surface area contributed by atoms with Crippen LogP contribution >= 0.6 is 11.3 Å². The normalized spacial score (nSPS) is 11.4. The molecule has 0 unspecified atom stereocenters. The minimum atomic E-state index is 1.23. The van der Waals surface area contributed by atoms with Crippen LogP contribution in [0.5, 0.6) is 0 Å². The topological polar surface area (TPSA) is 0 Å². The fourth-order valence-corrected chi connectivity index (χ4v) is 3.77. The van der Waals surface area contributed by atoms with Crippen molar-refractivity contribution in [2.45, 2.75) is 6.92 Å². The Kier molecular flexibility index (Phi) is 4.02. The van der Waals surface area contributed by atoms with Crippen LogP contribution in [0.25, 0.3) is 33.4 Å². The molecule has 1 aromatic heterocycles. The molecule has 116 valence electrons. The van der Waals surface area contributed by atoms with Gasteiger partial charge >= 0.3 is 0 Å². The van der Waals surface area contributed by atoms with Crippen molar-refractivity contribution in [1.29, 1.82) is 0 Å². The zero-order chi connectivity index (χ0) is 16.4. The number of hydrogen-bond donors (Lipinski definition) is 0. The summed E-state index contributed by atoms with van der Waals surface area (Å²) in [6.45, 7) is 2.14. The first kappa shape index (κ1) is 14.9. The molecule has 3 aromatic carbocycles. The molecule has 0 saturated carbocycles. The highest BCUT2D eigenvalue weighted by Gasteiger charge is 2.03. The first-order valence-electron chi connectivity index (χ1n) is 8.12. The van der Waals surface area contributed by atoms with E-state index in [0.717, 1.165) is 0 Å². The van der Waals surface area contributed by atoms with Crippen molar-refractivity contribution in [3.63, 3.8) is 0 Å². The molecule has 4 aromatic rings. The third-order valence-corrected chi connectivity index (χ3v) is 5.25. The van der Waals surface area contributed by atoms with E-state index < -0.39 is 0 Å². The first-order chi connectivity index (χ1) is 11.8. The second-order valence-electron chi connectivity index (χ2n) is 6.01. The Hall–Kier alpha value is -2.64. The van der Waals surface area contributed by atoms with Crippen LogP contribution in [-0.4, -0.2) is 0 Å². The van der Waals surface area contributed by atoms with Crippen molar-refractivity contribution in [2.24, 2.45) is 0 Å². The van der Waals surface area contributed by atoms with Gasteiger partial charge in [0.2, 0.25) is 0 Å². The van der Waals surface area contributed by atoms with E-state index in [4.69, 9.17) is 0 Å². The van der Waals surface area contributed by atoms with E-state index in [-0.39, 0.29) is 0 Å². The molecule has 1 heterocycles. The molecule has 24 heavy (non-hydrogen) atoms. The van der Waals surface area contributed by atoms with E-state index >= 15 is 0 Å². The second kappa shape index (κ2) is 6.46. The van der Waals surface area contributed by atoms with E-state index in [1.54, 1.807) is 0 Å². The van der Waals surface area contributed by atoms with Crippen molar-refractivity contribution in [3.05, 3.63) is 94.9 Å². The van der Waals surface area contributed by atoms with Gasteiger partial charge in [-0.3, -0.25) is 0 Å². The Morgan fingerprint density at radius 3 is 2.38 bits per heavy atom. The smallest absolute Gasteiger partial charge is 0.0349 e. The Morgan fingerprint density at radius 2 is 1.50 bits per heavy atom. The monoisotopic (exact) mass is 326 g/mol. The molecule has 0 aliphatic rings. The molecule has 0 amide bonds. The van der Waals surface area contributed by atoms with Crippen molar-refractivity contribution < 1.29 is 0 Å². The fourth-order valence-electron chi connectivity index (χ4n) is 2.86. The summed E-state index contributed by atoms with van der Waals surface area (Å²) in [4.78, 5) is 2.59. The summed E-state index contributed by atoms with van der Waals surface area (Å²) in [5, 5.41) is 2.60. The Labute approximate surface area is 146 Å². The average molecular weight is 326 g/mol. The molecule has 0 bridgehead atoms. The number of fused-ring (bicyclic) bond motifs is 1. The first-order valence-corrected chi connectivity index (χ1v) is 8.93. The molecule has 0 fully saturated rings. The summed E-state index contributed by atoms with van der Waals surface area (Å²) in [6.07, 6.45) is 4.35. The predicted octanol–water partition coefficient (Wildman–Crippen LogP) is 7.05. The van der Waals surface area contributed by atoms with Crippen LogP contribution < -0.4 is 0 Å². The highest BCUT2D eigenvalue weighted by molar-refractivity contribution is 7.16. The Balaban J connectivity index is 1.62. The van der Waals surface area contributed by atoms with Crippen LogP contribution in [-0.2, 0) is 0 Å². The van der Waals surface area contributed by atoms with Crippen molar-refractivity contribution in [1.82, 2.24) is 0 Å². The van der Waals surface area contributed by atoms with Gasteiger partial charge < -0.3 is 0 Å². The lowest BCUT2D eigenvalue weighted by Crippen LogP contribution is -1.77. The van der Waals surface area contributed by atoms with Gasteiger partial charge in [-0.05, 0) is 53.1 Å². The number of hydrogen-bond acceptors (Lipinski definition) is 1. The van der Waals surface area contributed by atoms with Gasteiger partial charge in [-0.15, -0.1) is 11.3 Å². The van der Waals surface area contributed by atoms with Gasteiger partial charge in [0, 0.05) is 9.75 Å². The maximum absolute atomic E-state index is 2.28. The molecule has 0 radical (unpaired) electrons. The van der Waals surface area contributed by atoms with Crippen molar-refractivity contribution in [2.75, 3.05) is 0 Å². The quantitative estimate of drug-likeness (QED) is 0.378. The van der Waals surface area contributed by atoms with Gasteiger partial charge in [-0.1, -0.05) is 72.3 Å². The zero-order valence-corrected chi connectivity index (χ0v) is 14.4. The van der Waals surface area contributed by atoms with Gasteiger partial charge in [0.15, 0.2) is 0 Å². The van der Waals surface area contributed by atoms with Crippen LogP contribution in [0, 0.1) is 6.92 Å². The van der Waals surface area contributed by atoms with E-state index in [2.05, 4.69) is 91.9 Å². The molecular weight excluding hydrogens is 308 g/mol. The zero-order valence-electron chi connectivity index (χ0n) is 13.6. The van der Waals surface area contributed by atoms with Crippen molar-refractivity contribution in [3.8, 4) is 10.4 Å². The summed E-state index contributed by atoms with van der Waals surface area (Å²) in [7, 11) is 0. The molecule has 0 saturated heterocycles. The highest BCUT2D eigenvalue weighted by Crippen LogP contribution is 2.31. The van der Waals surface area contributed by atoms with Crippen LogP contribution in [0.4, 0.5) is 0 Å². The van der Waals surface area contributed by atoms with Gasteiger partial charge in [-0.2, -0.15) is 0 Å². The van der Waals surface area contributed by atoms with Gasteiger partial charge in [0.1, 0.15) is 0 Å². The van der Waals surface area contributed by atoms with Crippen molar-refractivity contribution >= 4 is 34.3 Å². The van der Waals surface area contributed by atoms with Gasteiger partial charge in [-0.25, -0.2) is 0 Å². The molecule has 1 heteroatoms. The standard InChI is InChI=1S/C23H18S/c1-17-7-9-20-16-21(11-10-19(20)15-17)23-14-13-22(24-23)12-8-18-5-3-2-4-6-18/h2-16H,1H3/b12-8+. The number of rotatable bonds is 3. The lowest BCUT2D eigenvalue weighted by molar-refractivity contribution is 1.51. The van der Waals surface area contributed by atoms with E-state index in [1.165, 1.54) is 37.2 Å². The van der Waals surface area contributed by atoms with Gasteiger partial charge in [0.05, 0.1) is 0 Å². The third-order valence-electron chi connectivity index (χ3n) is 4.15. The SMILES string of the molecule is Cc1ccc2cc(-c3ccc(/C=C/c4ccccc4)s3)ccc2c1. The molecule has 0 aliphatic carbocycles. The Morgan fingerprint density at radius 1 is 0.708 bits per heavy atom. The second-order valence-corrected chi connectivity index (χ2v) is 7.13. The maximum Gasteiger partial charge on any atom is 0.0349 e. The lowest BCUT2D eigenvalue weighted by atomic mass is 10.0. The predicted molar refractivity (Wildman–Crippen MR) is 107 cm³/mol. The van der Waals surface area contributed by atoms with Crippen LogP contribution in [0.2, 0.25) is 0 Å². The maximum atomic E-state index is 2.28. The minimum Gasteiger partial charge on any atom is -0.136 e. The number of thiophene rings is 1. The number of aryl methyl sites for hydroxylation is 1. The van der Waals surface area contributed by atoms with E-state index in [9.17, 15) is 0 Å². The van der Waals surface area contributed by atoms with E-state index in [0.29, 0.717) is 0 Å². The fraction of sp³-hybridized carbons (Fsp3) is 0.0435. The van der Waals surface area contributed by atoms with E-state index in [1.807, 2.05) is 17.4 Å². The molecule has 0 nitrogen and oxygen atoms in total. The summed E-state index contributed by atoms with van der Waals surface area (Å²) >= 11 is 1.83. The largest absolute Gasteiger partial charge is 0.136 e. The molecule has 0 aliphatic heterocycles. The third kappa shape index (κ3) is 3.17. The van der Waals surface area contributed by atoms with Crippen LogP contribution in [0.15, 0.2) is 78.9 Å². The molecule has 0 spiro atoms. The lowest BCUT2D eigenvalue weighted by Gasteiger charge is -2.02. The summed E-state index contributed by atoms with van der Waals surface area (Å²) in [6, 6.07) is 28.2. The molecule has 0 atom stereocenters. The van der Waals surface area contributed by atoms with Crippen LogP contribution in [0.1, 0.15) is 16.0 Å². The summed E-state index contributed by atoms with van der Waals surface area (Å²) < 4.78 is 0. The molecule has 4 rings (SSSR count). The Bertz CT molecular complexity index is 1010. The minimum absolute atomic E-state index is 1.23. The molecule has 0 N–H and O–H groups in total. The average Bonchev–Trinajstić information content (AvgIpc) is 3.09.